The number of anilines is 1. The Kier molecular flexibility index (Phi) is 6.14. The van der Waals surface area contributed by atoms with Crippen molar-refractivity contribution in [3.63, 3.8) is 0 Å². The van der Waals surface area contributed by atoms with Gasteiger partial charge in [0.05, 0.1) is 23.0 Å². The van der Waals surface area contributed by atoms with Gasteiger partial charge in [0.1, 0.15) is 5.82 Å². The van der Waals surface area contributed by atoms with Gasteiger partial charge in [-0.2, -0.15) is 11.8 Å². The van der Waals surface area contributed by atoms with Crippen LogP contribution in [0.3, 0.4) is 0 Å². The van der Waals surface area contributed by atoms with Crippen LogP contribution in [0.1, 0.15) is 30.7 Å². The molecule has 168 valence electrons. The number of rotatable bonds is 6. The molecule has 5 nitrogen and oxygen atoms in total. The van der Waals surface area contributed by atoms with E-state index in [0.29, 0.717) is 16.6 Å². The lowest BCUT2D eigenvalue weighted by atomic mass is 9.74. The van der Waals surface area contributed by atoms with Crippen molar-refractivity contribution in [2.45, 2.75) is 37.8 Å². The normalized spacial score (nSPS) is 17.5. The summed E-state index contributed by atoms with van der Waals surface area (Å²) in [5.41, 5.74) is 3.29. The lowest BCUT2D eigenvalue weighted by molar-refractivity contribution is -0.124. The highest BCUT2D eigenvalue weighted by Gasteiger charge is 2.52. The zero-order valence-electron chi connectivity index (χ0n) is 18.0. The van der Waals surface area contributed by atoms with Crippen LogP contribution >= 0.6 is 35.0 Å². The summed E-state index contributed by atoms with van der Waals surface area (Å²) in [5.74, 6) is 2.10. The van der Waals surface area contributed by atoms with Crippen LogP contribution in [0.25, 0.3) is 11.0 Å². The molecule has 5 rings (SSSR count). The standard InChI is InChI=1S/C24H26Cl2N4OS/c1-32-13-3-12-29-19-7-6-16(25)14-18(19)28-21(29)15-30-20-5-2-4-17(26)22(20)24(23(30)31)8-10-27-11-9-24/h2,4-7,14,27H,3,8-13,15H2,1H3. The van der Waals surface area contributed by atoms with E-state index in [4.69, 9.17) is 28.2 Å². The molecule has 1 N–H and O–H groups in total. The molecule has 2 aromatic carbocycles. The number of hydrogen-bond donors (Lipinski definition) is 1. The van der Waals surface area contributed by atoms with E-state index in [-0.39, 0.29) is 5.91 Å². The number of carbonyl (C=O) groups is 1. The third-order valence-electron chi connectivity index (χ3n) is 6.69. The van der Waals surface area contributed by atoms with Crippen molar-refractivity contribution >= 4 is 57.6 Å². The topological polar surface area (TPSA) is 50.2 Å². The second kappa shape index (κ2) is 8.90. The minimum Gasteiger partial charge on any atom is -0.326 e. The predicted octanol–water partition coefficient (Wildman–Crippen LogP) is 5.26. The molecule has 3 heterocycles. The first-order valence-corrected chi connectivity index (χ1v) is 13.2. The molecule has 1 amide bonds. The van der Waals surface area contributed by atoms with Crippen LogP contribution in [0.2, 0.25) is 10.0 Å². The van der Waals surface area contributed by atoms with E-state index in [9.17, 15) is 4.79 Å². The molecule has 1 saturated heterocycles. The molecule has 0 aliphatic carbocycles. The summed E-state index contributed by atoms with van der Waals surface area (Å²) in [6.07, 6.45) is 4.68. The van der Waals surface area contributed by atoms with Crippen molar-refractivity contribution in [1.82, 2.24) is 14.9 Å². The van der Waals surface area contributed by atoms with Gasteiger partial charge in [0, 0.05) is 27.8 Å². The second-order valence-corrected chi connectivity index (χ2v) is 10.3. The minimum absolute atomic E-state index is 0.142. The molecule has 2 aliphatic heterocycles. The number of amides is 1. The van der Waals surface area contributed by atoms with Crippen molar-refractivity contribution in [2.24, 2.45) is 0 Å². The molecule has 0 atom stereocenters. The number of nitrogens with one attached hydrogen (secondary N) is 1. The number of hydrogen-bond acceptors (Lipinski definition) is 4. The fraction of sp³-hybridized carbons (Fsp3) is 0.417. The Hall–Kier alpha value is -1.73. The van der Waals surface area contributed by atoms with E-state index in [2.05, 4.69) is 16.1 Å². The quantitative estimate of drug-likeness (QED) is 0.480. The number of benzene rings is 2. The highest BCUT2D eigenvalue weighted by molar-refractivity contribution is 7.98. The molecular weight excluding hydrogens is 463 g/mol. The molecule has 1 aromatic heterocycles. The first-order chi connectivity index (χ1) is 15.5. The molecule has 1 spiro atoms. The van der Waals surface area contributed by atoms with Gasteiger partial charge in [-0.15, -0.1) is 0 Å². The monoisotopic (exact) mass is 488 g/mol. The minimum atomic E-state index is -0.544. The van der Waals surface area contributed by atoms with Crippen molar-refractivity contribution in [1.29, 1.82) is 0 Å². The third kappa shape index (κ3) is 3.61. The van der Waals surface area contributed by atoms with Crippen LogP contribution in [-0.4, -0.2) is 40.6 Å². The van der Waals surface area contributed by atoms with E-state index in [1.807, 2.05) is 53.1 Å². The molecule has 2 aliphatic rings. The molecule has 3 aromatic rings. The maximum atomic E-state index is 13.9. The number of piperidine rings is 1. The first kappa shape index (κ1) is 22.1. The average Bonchev–Trinajstić information content (AvgIpc) is 3.23. The molecule has 0 radical (unpaired) electrons. The van der Waals surface area contributed by atoms with Crippen molar-refractivity contribution in [2.75, 3.05) is 30.0 Å². The van der Waals surface area contributed by atoms with Gasteiger partial charge < -0.3 is 14.8 Å². The SMILES string of the molecule is CSCCCn1c(CN2C(=O)C3(CCNCC3)c3c(Cl)cccc32)nc2cc(Cl)ccc21. The first-order valence-electron chi connectivity index (χ1n) is 11.0. The zero-order valence-corrected chi connectivity index (χ0v) is 20.4. The van der Waals surface area contributed by atoms with Gasteiger partial charge in [-0.25, -0.2) is 4.98 Å². The van der Waals surface area contributed by atoms with Crippen LogP contribution in [0.5, 0.6) is 0 Å². The van der Waals surface area contributed by atoms with Gasteiger partial charge >= 0.3 is 0 Å². The van der Waals surface area contributed by atoms with Gasteiger partial charge in [-0.3, -0.25) is 4.79 Å². The molecule has 1 fully saturated rings. The van der Waals surface area contributed by atoms with E-state index in [0.717, 1.165) is 72.8 Å². The number of halogens is 2. The number of imidazole rings is 1. The maximum Gasteiger partial charge on any atom is 0.238 e. The lowest BCUT2D eigenvalue weighted by Crippen LogP contribution is -2.47. The second-order valence-electron chi connectivity index (χ2n) is 8.52. The van der Waals surface area contributed by atoms with Gasteiger partial charge in [-0.1, -0.05) is 29.3 Å². The van der Waals surface area contributed by atoms with E-state index in [1.165, 1.54) is 0 Å². The Morgan fingerprint density at radius 2 is 2.00 bits per heavy atom. The maximum absolute atomic E-state index is 13.9. The van der Waals surface area contributed by atoms with Crippen molar-refractivity contribution in [3.05, 3.63) is 57.8 Å². The number of aryl methyl sites for hydroxylation is 1. The molecule has 0 unspecified atom stereocenters. The van der Waals surface area contributed by atoms with Crippen LogP contribution in [0, 0.1) is 0 Å². The van der Waals surface area contributed by atoms with Crippen LogP contribution < -0.4 is 10.2 Å². The Morgan fingerprint density at radius 3 is 2.78 bits per heavy atom. The van der Waals surface area contributed by atoms with Gasteiger partial charge in [0.25, 0.3) is 0 Å². The predicted molar refractivity (Wildman–Crippen MR) is 134 cm³/mol. The summed E-state index contributed by atoms with van der Waals surface area (Å²) < 4.78 is 2.24. The van der Waals surface area contributed by atoms with Crippen LogP contribution in [-0.2, 0) is 23.3 Å². The summed E-state index contributed by atoms with van der Waals surface area (Å²) in [6, 6.07) is 11.7. The van der Waals surface area contributed by atoms with Gasteiger partial charge in [-0.05, 0) is 74.7 Å². The molecular formula is C24H26Cl2N4OS. The zero-order chi connectivity index (χ0) is 22.3. The van der Waals surface area contributed by atoms with Crippen molar-refractivity contribution in [3.8, 4) is 0 Å². The number of nitrogens with zero attached hydrogens (tertiary/aromatic N) is 3. The smallest absolute Gasteiger partial charge is 0.238 e. The Balaban J connectivity index is 1.57. The van der Waals surface area contributed by atoms with Crippen molar-refractivity contribution < 1.29 is 4.79 Å². The summed E-state index contributed by atoms with van der Waals surface area (Å²) in [4.78, 5) is 20.7. The average molecular weight is 489 g/mol. The summed E-state index contributed by atoms with van der Waals surface area (Å²) in [5, 5.41) is 4.74. The van der Waals surface area contributed by atoms with Gasteiger partial charge in [0.2, 0.25) is 5.91 Å². The summed E-state index contributed by atoms with van der Waals surface area (Å²) in [7, 11) is 0. The fourth-order valence-corrected chi connectivity index (χ4v) is 6.13. The van der Waals surface area contributed by atoms with E-state index in [1.54, 1.807) is 0 Å². The number of aromatic nitrogens is 2. The van der Waals surface area contributed by atoms with Crippen LogP contribution in [0.15, 0.2) is 36.4 Å². The third-order valence-corrected chi connectivity index (χ3v) is 7.94. The number of fused-ring (bicyclic) bond motifs is 3. The van der Waals surface area contributed by atoms with Crippen LogP contribution in [0.4, 0.5) is 5.69 Å². The van der Waals surface area contributed by atoms with Gasteiger partial charge in [0.15, 0.2) is 0 Å². The lowest BCUT2D eigenvalue weighted by Gasteiger charge is -2.33. The Morgan fingerprint density at radius 1 is 1.19 bits per heavy atom. The molecule has 8 heteroatoms. The highest BCUT2D eigenvalue weighted by Crippen LogP contribution is 2.50. The fourth-order valence-electron chi connectivity index (χ4n) is 5.19. The number of thioether (sulfide) groups is 1. The largest absolute Gasteiger partial charge is 0.326 e. The molecule has 32 heavy (non-hydrogen) atoms. The van der Waals surface area contributed by atoms with E-state index < -0.39 is 5.41 Å². The number of carbonyl (C=O) groups excluding carboxylic acids is 1. The Labute approximate surface area is 202 Å². The Bertz CT molecular complexity index is 1170. The molecule has 0 saturated carbocycles. The molecule has 0 bridgehead atoms. The van der Waals surface area contributed by atoms with E-state index >= 15 is 0 Å². The summed E-state index contributed by atoms with van der Waals surface area (Å²) in [6.45, 7) is 2.91. The highest BCUT2D eigenvalue weighted by atomic mass is 35.5. The summed E-state index contributed by atoms with van der Waals surface area (Å²) >= 11 is 14.8.